The minimum absolute atomic E-state index is 0.0402. The van der Waals surface area contributed by atoms with E-state index in [4.69, 9.17) is 19.8 Å². The van der Waals surface area contributed by atoms with Crippen LogP contribution < -0.4 is 5.32 Å². The third-order valence-corrected chi connectivity index (χ3v) is 3.95. The van der Waals surface area contributed by atoms with Crippen molar-refractivity contribution in [3.63, 3.8) is 0 Å². The number of likely N-dealkylation sites (tertiary alicyclic amines) is 1. The molecule has 8 heteroatoms. The van der Waals surface area contributed by atoms with Gasteiger partial charge < -0.3 is 25.3 Å². The lowest BCUT2D eigenvalue weighted by molar-refractivity contribution is -0.159. The Kier molecular flexibility index (Phi) is 12.7. The second kappa shape index (κ2) is 13.6. The minimum Gasteiger partial charge on any atom is -0.473 e. The summed E-state index contributed by atoms with van der Waals surface area (Å²) in [5, 5.41) is 18.1. The van der Waals surface area contributed by atoms with Crippen LogP contribution in [-0.2, 0) is 14.4 Å². The van der Waals surface area contributed by atoms with Gasteiger partial charge in [0.25, 0.3) is 0 Å². The third kappa shape index (κ3) is 12.4. The normalized spacial score (nSPS) is 16.2. The Morgan fingerprint density at radius 2 is 1.48 bits per heavy atom. The summed E-state index contributed by atoms with van der Waals surface area (Å²) in [6.45, 7) is 5.87. The number of nitrogens with zero attached hydrogens (tertiary/aromatic N) is 2. The first-order valence-electron chi connectivity index (χ1n) is 8.88. The first kappa shape index (κ1) is 23.3. The maximum atomic E-state index is 12.3. The maximum Gasteiger partial charge on any atom is 0.414 e. The fourth-order valence-corrected chi connectivity index (χ4v) is 2.54. The van der Waals surface area contributed by atoms with E-state index in [0.29, 0.717) is 0 Å². The Morgan fingerprint density at radius 3 is 1.92 bits per heavy atom. The summed E-state index contributed by atoms with van der Waals surface area (Å²) in [6, 6.07) is -0.0402. The number of carboxylic acids is 2. The minimum atomic E-state index is -1.82. The van der Waals surface area contributed by atoms with Crippen LogP contribution in [0.2, 0.25) is 0 Å². The molecule has 0 spiro atoms. The van der Waals surface area contributed by atoms with E-state index in [1.807, 2.05) is 6.92 Å². The molecule has 1 aliphatic rings. The molecule has 0 radical (unpaired) electrons. The molecule has 146 valence electrons. The highest BCUT2D eigenvalue weighted by Gasteiger charge is 2.20. The molecule has 1 aliphatic heterocycles. The molecule has 1 rings (SSSR count). The second-order valence-electron chi connectivity index (χ2n) is 6.54. The summed E-state index contributed by atoms with van der Waals surface area (Å²) < 4.78 is 0. The number of hydrogen-bond donors (Lipinski definition) is 3. The van der Waals surface area contributed by atoms with Crippen LogP contribution in [0.1, 0.15) is 45.4 Å². The van der Waals surface area contributed by atoms with Gasteiger partial charge in [-0.25, -0.2) is 9.59 Å². The summed E-state index contributed by atoms with van der Waals surface area (Å²) >= 11 is 0. The van der Waals surface area contributed by atoms with E-state index in [1.165, 1.54) is 32.1 Å². The predicted molar refractivity (Wildman–Crippen MR) is 95.6 cm³/mol. The number of carbonyl (C=O) groups is 3. The van der Waals surface area contributed by atoms with Crippen molar-refractivity contribution in [3.8, 4) is 0 Å². The SMILES string of the molecule is CC(NCCCN(C)C)C(=O)N1CCCCCCC1.O=C(O)C(=O)O. The van der Waals surface area contributed by atoms with Crippen molar-refractivity contribution in [1.82, 2.24) is 15.1 Å². The van der Waals surface area contributed by atoms with Crippen LogP contribution in [0.3, 0.4) is 0 Å². The molecule has 1 fully saturated rings. The van der Waals surface area contributed by atoms with Gasteiger partial charge in [-0.05, 0) is 53.4 Å². The first-order chi connectivity index (χ1) is 11.8. The smallest absolute Gasteiger partial charge is 0.414 e. The van der Waals surface area contributed by atoms with Crippen LogP contribution >= 0.6 is 0 Å². The largest absolute Gasteiger partial charge is 0.473 e. The van der Waals surface area contributed by atoms with E-state index in [1.54, 1.807) is 0 Å². The lowest BCUT2D eigenvalue weighted by Crippen LogP contribution is -2.46. The maximum absolute atomic E-state index is 12.3. The van der Waals surface area contributed by atoms with Gasteiger partial charge in [-0.1, -0.05) is 19.3 Å². The zero-order valence-corrected chi connectivity index (χ0v) is 15.7. The average Bonchev–Trinajstić information content (AvgIpc) is 2.50. The summed E-state index contributed by atoms with van der Waals surface area (Å²) in [6.07, 6.45) is 7.30. The molecule has 8 nitrogen and oxygen atoms in total. The number of carbonyl (C=O) groups excluding carboxylic acids is 1. The second-order valence-corrected chi connectivity index (χ2v) is 6.54. The Morgan fingerprint density at radius 1 is 1.00 bits per heavy atom. The highest BCUT2D eigenvalue weighted by Crippen LogP contribution is 2.11. The molecule has 0 aromatic carbocycles. The quantitative estimate of drug-likeness (QED) is 0.477. The molecule has 0 aromatic heterocycles. The Hall–Kier alpha value is -1.67. The molecular weight excluding hydrogens is 326 g/mol. The topological polar surface area (TPSA) is 110 Å². The van der Waals surface area contributed by atoms with Crippen LogP contribution in [0.15, 0.2) is 0 Å². The van der Waals surface area contributed by atoms with E-state index < -0.39 is 11.9 Å². The molecule has 1 unspecified atom stereocenters. The van der Waals surface area contributed by atoms with Gasteiger partial charge in [0, 0.05) is 13.1 Å². The summed E-state index contributed by atoms with van der Waals surface area (Å²) in [5.41, 5.74) is 0. The molecule has 0 aliphatic carbocycles. The van der Waals surface area contributed by atoms with E-state index in [-0.39, 0.29) is 11.9 Å². The third-order valence-electron chi connectivity index (χ3n) is 3.95. The molecule has 1 amide bonds. The van der Waals surface area contributed by atoms with Gasteiger partial charge in [0.2, 0.25) is 5.91 Å². The van der Waals surface area contributed by atoms with E-state index in [2.05, 4.69) is 29.2 Å². The van der Waals surface area contributed by atoms with Crippen LogP contribution in [0.4, 0.5) is 0 Å². The highest BCUT2D eigenvalue weighted by molar-refractivity contribution is 6.27. The number of rotatable bonds is 6. The Balaban J connectivity index is 0.000000823. The zero-order valence-electron chi connectivity index (χ0n) is 15.7. The van der Waals surface area contributed by atoms with Crippen molar-refractivity contribution in [3.05, 3.63) is 0 Å². The van der Waals surface area contributed by atoms with Gasteiger partial charge in [0.15, 0.2) is 0 Å². The molecule has 0 aromatic rings. The van der Waals surface area contributed by atoms with Gasteiger partial charge >= 0.3 is 11.9 Å². The predicted octanol–water partition coefficient (Wildman–Crippen LogP) is 0.865. The number of hydrogen-bond acceptors (Lipinski definition) is 5. The molecule has 3 N–H and O–H groups in total. The van der Waals surface area contributed by atoms with Crippen molar-refractivity contribution in [2.24, 2.45) is 0 Å². The van der Waals surface area contributed by atoms with Crippen molar-refractivity contribution < 1.29 is 24.6 Å². The monoisotopic (exact) mass is 359 g/mol. The Labute approximate surface area is 150 Å². The average molecular weight is 359 g/mol. The summed E-state index contributed by atoms with van der Waals surface area (Å²) in [7, 11) is 4.16. The first-order valence-corrected chi connectivity index (χ1v) is 8.88. The highest BCUT2D eigenvalue weighted by atomic mass is 16.4. The zero-order chi connectivity index (χ0) is 19.2. The van der Waals surface area contributed by atoms with Crippen LogP contribution in [0, 0.1) is 0 Å². The number of carboxylic acid groups (broad SMARTS) is 2. The standard InChI is InChI=1S/C15H31N3O.C2H2O4/c1-14(16-10-9-11-17(2)3)15(19)18-12-7-5-4-6-8-13-18;3-1(4)2(5)6/h14,16H,4-13H2,1-3H3;(H,3,4)(H,5,6). The van der Waals surface area contributed by atoms with Gasteiger partial charge in [-0.3, -0.25) is 4.79 Å². The molecule has 1 atom stereocenters. The van der Waals surface area contributed by atoms with Crippen molar-refractivity contribution in [2.75, 3.05) is 40.3 Å². The van der Waals surface area contributed by atoms with E-state index in [9.17, 15) is 4.79 Å². The van der Waals surface area contributed by atoms with Gasteiger partial charge in [0.05, 0.1) is 6.04 Å². The van der Waals surface area contributed by atoms with Crippen molar-refractivity contribution >= 4 is 17.8 Å². The summed E-state index contributed by atoms with van der Waals surface area (Å²) in [5.74, 6) is -3.36. The van der Waals surface area contributed by atoms with Gasteiger partial charge in [-0.15, -0.1) is 0 Å². The van der Waals surface area contributed by atoms with Crippen LogP contribution in [0.25, 0.3) is 0 Å². The molecule has 0 saturated carbocycles. The number of nitrogens with one attached hydrogen (secondary N) is 1. The van der Waals surface area contributed by atoms with Crippen molar-refractivity contribution in [2.45, 2.75) is 51.5 Å². The molecule has 1 saturated heterocycles. The molecule has 25 heavy (non-hydrogen) atoms. The molecular formula is C17H33N3O5. The fourth-order valence-electron chi connectivity index (χ4n) is 2.54. The molecule has 0 bridgehead atoms. The fraction of sp³-hybridized carbons (Fsp3) is 0.824. The number of aliphatic carboxylic acids is 2. The lowest BCUT2D eigenvalue weighted by Gasteiger charge is -2.28. The van der Waals surface area contributed by atoms with Crippen LogP contribution in [-0.4, -0.2) is 84.2 Å². The summed E-state index contributed by atoms with van der Waals surface area (Å²) in [4.78, 5) is 34.8. The van der Waals surface area contributed by atoms with E-state index in [0.717, 1.165) is 32.6 Å². The van der Waals surface area contributed by atoms with Crippen LogP contribution in [0.5, 0.6) is 0 Å². The van der Waals surface area contributed by atoms with Gasteiger partial charge in [0.1, 0.15) is 0 Å². The Bertz CT molecular complexity index is 395. The molecule has 1 heterocycles. The lowest BCUT2D eigenvalue weighted by atomic mass is 10.1. The van der Waals surface area contributed by atoms with Gasteiger partial charge in [-0.2, -0.15) is 0 Å². The van der Waals surface area contributed by atoms with Crippen molar-refractivity contribution in [1.29, 1.82) is 0 Å². The number of amides is 1. The van der Waals surface area contributed by atoms with E-state index >= 15 is 0 Å².